The number of hydrogen-bond donors (Lipinski definition) is 0. The topological polar surface area (TPSA) is 93.7 Å². The number of aryl methyl sites for hydroxylation is 1. The van der Waals surface area contributed by atoms with Gasteiger partial charge in [-0.05, 0) is 19.8 Å². The number of aromatic nitrogens is 3. The summed E-state index contributed by atoms with van der Waals surface area (Å²) in [6.45, 7) is 4.78. The molecule has 2 aromatic heterocycles. The van der Waals surface area contributed by atoms with Crippen molar-refractivity contribution in [1.82, 2.24) is 24.7 Å². The zero-order valence-electron chi connectivity index (χ0n) is 16.3. The minimum Gasteiger partial charge on any atom is -0.377 e. The van der Waals surface area contributed by atoms with Crippen molar-refractivity contribution in [2.45, 2.75) is 32.2 Å². The van der Waals surface area contributed by atoms with E-state index in [4.69, 9.17) is 9.26 Å². The molecular formula is C19H25N5O4. The molecule has 0 radical (unpaired) electrons. The fraction of sp³-hybridized carbons (Fsp3) is 0.579. The Bertz CT molecular complexity index is 868. The number of ether oxygens (including phenoxy) is 1. The third-order valence-corrected chi connectivity index (χ3v) is 5.59. The number of carbonyl (C=O) groups excluding carboxylic acids is 2. The summed E-state index contributed by atoms with van der Waals surface area (Å²) in [5.41, 5.74) is 1.96. The highest BCUT2D eigenvalue weighted by Crippen LogP contribution is 2.25. The molecule has 0 aromatic carbocycles. The molecule has 2 amide bonds. The van der Waals surface area contributed by atoms with E-state index in [0.717, 1.165) is 37.2 Å². The maximum absolute atomic E-state index is 13.0. The molecule has 2 fully saturated rings. The van der Waals surface area contributed by atoms with Crippen LogP contribution in [-0.4, -0.2) is 75.4 Å². The summed E-state index contributed by atoms with van der Waals surface area (Å²) in [6.07, 6.45) is 4.06. The van der Waals surface area contributed by atoms with Crippen molar-refractivity contribution in [3.8, 4) is 11.3 Å². The quantitative estimate of drug-likeness (QED) is 0.783. The van der Waals surface area contributed by atoms with E-state index in [2.05, 4.69) is 10.3 Å². The van der Waals surface area contributed by atoms with Gasteiger partial charge in [0.25, 0.3) is 5.91 Å². The number of hydrogen-bond acceptors (Lipinski definition) is 6. The lowest BCUT2D eigenvalue weighted by Gasteiger charge is -2.35. The first kappa shape index (κ1) is 18.7. The van der Waals surface area contributed by atoms with Gasteiger partial charge in [0.2, 0.25) is 5.91 Å². The van der Waals surface area contributed by atoms with Crippen LogP contribution >= 0.6 is 0 Å². The molecule has 150 valence electrons. The Morgan fingerprint density at radius 3 is 2.75 bits per heavy atom. The van der Waals surface area contributed by atoms with Crippen molar-refractivity contribution in [2.24, 2.45) is 7.05 Å². The summed E-state index contributed by atoms with van der Waals surface area (Å²) in [5, 5.41) is 8.16. The fourth-order valence-electron chi connectivity index (χ4n) is 3.78. The van der Waals surface area contributed by atoms with Gasteiger partial charge in [0, 0.05) is 44.9 Å². The summed E-state index contributed by atoms with van der Waals surface area (Å²) >= 11 is 0. The van der Waals surface area contributed by atoms with Gasteiger partial charge in [-0.25, -0.2) is 0 Å². The van der Waals surface area contributed by atoms with Crippen molar-refractivity contribution < 1.29 is 18.8 Å². The van der Waals surface area contributed by atoms with E-state index in [1.807, 2.05) is 18.9 Å². The number of nitrogens with zero attached hydrogens (tertiary/aromatic N) is 5. The lowest BCUT2D eigenvalue weighted by atomic mass is 10.1. The molecule has 4 rings (SSSR count). The second-order valence-electron chi connectivity index (χ2n) is 7.36. The Kier molecular flexibility index (Phi) is 5.17. The van der Waals surface area contributed by atoms with Crippen LogP contribution in [0.3, 0.4) is 0 Å². The van der Waals surface area contributed by atoms with E-state index in [0.29, 0.717) is 25.5 Å². The Morgan fingerprint density at radius 1 is 1.25 bits per heavy atom. The summed E-state index contributed by atoms with van der Waals surface area (Å²) in [6, 6.07) is 1.36. The van der Waals surface area contributed by atoms with Crippen LogP contribution in [-0.2, 0) is 16.6 Å². The predicted molar refractivity (Wildman–Crippen MR) is 99.5 cm³/mol. The maximum atomic E-state index is 13.0. The van der Waals surface area contributed by atoms with Crippen molar-refractivity contribution in [2.75, 3.05) is 32.8 Å². The van der Waals surface area contributed by atoms with Gasteiger partial charge in [0.05, 0.1) is 31.0 Å². The average Bonchev–Trinajstić information content (AvgIpc) is 3.44. The van der Waals surface area contributed by atoms with E-state index in [1.165, 1.54) is 0 Å². The zero-order chi connectivity index (χ0) is 19.7. The predicted octanol–water partition coefficient (Wildman–Crippen LogP) is 1.24. The minimum atomic E-state index is -0.283. The monoisotopic (exact) mass is 387 g/mol. The van der Waals surface area contributed by atoms with Gasteiger partial charge in [0.1, 0.15) is 0 Å². The Hall–Kier alpha value is -2.68. The molecule has 0 aliphatic carbocycles. The molecule has 4 heterocycles. The largest absolute Gasteiger partial charge is 0.377 e. The van der Waals surface area contributed by atoms with Crippen LogP contribution in [0.15, 0.2) is 16.8 Å². The van der Waals surface area contributed by atoms with Gasteiger partial charge in [0.15, 0.2) is 11.5 Å². The highest BCUT2D eigenvalue weighted by Gasteiger charge is 2.33. The molecule has 9 nitrogen and oxygen atoms in total. The van der Waals surface area contributed by atoms with Gasteiger partial charge >= 0.3 is 0 Å². The molecule has 0 spiro atoms. The smallest absolute Gasteiger partial charge is 0.276 e. The number of carbonyl (C=O) groups is 2. The summed E-state index contributed by atoms with van der Waals surface area (Å²) < 4.78 is 12.7. The third-order valence-electron chi connectivity index (χ3n) is 5.59. The minimum absolute atomic E-state index is 0.0811. The average molecular weight is 387 g/mol. The number of likely N-dealkylation sites (tertiary alicyclic amines) is 1. The first-order valence-corrected chi connectivity index (χ1v) is 9.67. The molecule has 2 aromatic rings. The molecule has 9 heteroatoms. The van der Waals surface area contributed by atoms with E-state index < -0.39 is 0 Å². The second-order valence-corrected chi connectivity index (χ2v) is 7.36. The van der Waals surface area contributed by atoms with Crippen LogP contribution in [0, 0.1) is 6.92 Å². The van der Waals surface area contributed by atoms with Crippen LogP contribution in [0.2, 0.25) is 0 Å². The van der Waals surface area contributed by atoms with Crippen LogP contribution in [0.4, 0.5) is 0 Å². The Morgan fingerprint density at radius 2 is 2.04 bits per heavy atom. The first-order valence-electron chi connectivity index (χ1n) is 9.67. The Labute approximate surface area is 163 Å². The first-order chi connectivity index (χ1) is 13.5. The summed E-state index contributed by atoms with van der Waals surface area (Å²) in [4.78, 5) is 29.1. The van der Waals surface area contributed by atoms with E-state index in [9.17, 15) is 9.59 Å². The molecule has 0 N–H and O–H groups in total. The lowest BCUT2D eigenvalue weighted by molar-refractivity contribution is -0.132. The van der Waals surface area contributed by atoms with Gasteiger partial charge in [-0.3, -0.25) is 14.3 Å². The van der Waals surface area contributed by atoms with E-state index >= 15 is 0 Å². The summed E-state index contributed by atoms with van der Waals surface area (Å²) in [5.74, 6) is 0.351. The molecular weight excluding hydrogens is 362 g/mol. The second kappa shape index (κ2) is 7.75. The molecule has 0 saturated carbocycles. The van der Waals surface area contributed by atoms with Crippen molar-refractivity contribution in [3.05, 3.63) is 23.7 Å². The highest BCUT2D eigenvalue weighted by molar-refractivity contribution is 5.94. The maximum Gasteiger partial charge on any atom is 0.276 e. The molecule has 2 saturated heterocycles. The fourth-order valence-corrected chi connectivity index (χ4v) is 3.78. The van der Waals surface area contributed by atoms with Gasteiger partial charge < -0.3 is 19.1 Å². The van der Waals surface area contributed by atoms with Crippen LogP contribution < -0.4 is 0 Å². The molecule has 0 bridgehead atoms. The Balaban J connectivity index is 1.49. The van der Waals surface area contributed by atoms with E-state index in [-0.39, 0.29) is 30.0 Å². The normalized spacial score (nSPS) is 20.0. The molecule has 0 unspecified atom stereocenters. The SMILES string of the molecule is Cc1c(-c2cc(C(=O)N3CCOC[C@H]3CC(=O)N3CCCC3)no2)cnn1C. The molecule has 2 aliphatic rings. The highest BCUT2D eigenvalue weighted by atomic mass is 16.5. The lowest BCUT2D eigenvalue weighted by Crippen LogP contribution is -2.50. The molecule has 1 atom stereocenters. The van der Waals surface area contributed by atoms with Crippen molar-refractivity contribution in [3.63, 3.8) is 0 Å². The third kappa shape index (κ3) is 3.54. The van der Waals surface area contributed by atoms with Gasteiger partial charge in [-0.2, -0.15) is 5.10 Å². The molecule has 2 aliphatic heterocycles. The van der Waals surface area contributed by atoms with Crippen LogP contribution in [0.25, 0.3) is 11.3 Å². The number of morpholine rings is 1. The van der Waals surface area contributed by atoms with Crippen molar-refractivity contribution in [1.29, 1.82) is 0 Å². The zero-order valence-corrected chi connectivity index (χ0v) is 16.3. The van der Waals surface area contributed by atoms with Gasteiger partial charge in [-0.15, -0.1) is 0 Å². The standard InChI is InChI=1S/C19H25N5O4/c1-13-15(11-20-22(13)2)17-10-16(21-28-17)19(26)24-7-8-27-12-14(24)9-18(25)23-5-3-4-6-23/h10-11,14H,3-9,12H2,1-2H3/t14-/m1/s1. The van der Waals surface area contributed by atoms with Crippen LogP contribution in [0.5, 0.6) is 0 Å². The van der Waals surface area contributed by atoms with Crippen LogP contribution in [0.1, 0.15) is 35.4 Å². The number of amides is 2. The summed E-state index contributed by atoms with van der Waals surface area (Å²) in [7, 11) is 1.84. The molecule has 28 heavy (non-hydrogen) atoms. The van der Waals surface area contributed by atoms with Crippen molar-refractivity contribution >= 4 is 11.8 Å². The van der Waals surface area contributed by atoms with E-state index in [1.54, 1.807) is 21.8 Å². The van der Waals surface area contributed by atoms with Gasteiger partial charge in [-0.1, -0.05) is 5.16 Å². The number of rotatable bonds is 4.